The minimum atomic E-state index is -0.475. The van der Waals surface area contributed by atoms with Gasteiger partial charge in [0, 0.05) is 12.1 Å². The van der Waals surface area contributed by atoms with Crippen molar-refractivity contribution in [1.29, 1.82) is 0 Å². The van der Waals surface area contributed by atoms with Crippen LogP contribution in [0.25, 0.3) is 0 Å². The number of hydrogen-bond donors (Lipinski definition) is 1. The normalized spacial score (nSPS) is 10.0. The first-order valence-corrected chi connectivity index (χ1v) is 4.17. The molecule has 0 unspecified atom stereocenters. The molecule has 0 radical (unpaired) electrons. The number of hydrogen-bond acceptors (Lipinski definition) is 3. The van der Waals surface area contributed by atoms with Crippen LogP contribution in [-0.2, 0) is 11.3 Å². The molecule has 0 aliphatic rings. The van der Waals surface area contributed by atoms with Gasteiger partial charge in [-0.1, -0.05) is 0 Å². The van der Waals surface area contributed by atoms with Gasteiger partial charge in [-0.15, -0.1) is 0 Å². The van der Waals surface area contributed by atoms with Crippen LogP contribution in [0.2, 0.25) is 0 Å². The molecule has 2 N–H and O–H groups in total. The van der Waals surface area contributed by atoms with Crippen LogP contribution in [0.1, 0.15) is 21.5 Å². The molecule has 1 aromatic rings. The minimum Gasteiger partial charge on any atom is -0.465 e. The summed E-state index contributed by atoms with van der Waals surface area (Å²) in [6.45, 7) is 1.71. The van der Waals surface area contributed by atoms with Gasteiger partial charge in [0.15, 0.2) is 0 Å². The first-order chi connectivity index (χ1) is 6.60. The van der Waals surface area contributed by atoms with E-state index >= 15 is 0 Å². The van der Waals surface area contributed by atoms with Crippen molar-refractivity contribution in [1.82, 2.24) is 0 Å². The highest BCUT2D eigenvalue weighted by Crippen LogP contribution is 2.15. The van der Waals surface area contributed by atoms with E-state index in [9.17, 15) is 9.18 Å². The summed E-state index contributed by atoms with van der Waals surface area (Å²) >= 11 is 0. The number of carbonyl (C=O) groups is 1. The van der Waals surface area contributed by atoms with E-state index in [1.165, 1.54) is 19.2 Å². The molecule has 0 aliphatic heterocycles. The lowest BCUT2D eigenvalue weighted by atomic mass is 10.0. The third-order valence-electron chi connectivity index (χ3n) is 2.02. The Balaban J connectivity index is 3.24. The molecular weight excluding hydrogens is 185 g/mol. The Morgan fingerprint density at radius 3 is 2.71 bits per heavy atom. The van der Waals surface area contributed by atoms with Gasteiger partial charge >= 0.3 is 5.97 Å². The standard InChI is InChI=1S/C10H12FNO2/c1-6-3-9(11)7(5-12)4-8(6)10(13)14-2/h3-4H,5,12H2,1-2H3. The van der Waals surface area contributed by atoms with Gasteiger partial charge in [0.2, 0.25) is 0 Å². The molecule has 0 amide bonds. The second kappa shape index (κ2) is 4.19. The zero-order valence-corrected chi connectivity index (χ0v) is 8.13. The third-order valence-corrected chi connectivity index (χ3v) is 2.02. The highest BCUT2D eigenvalue weighted by molar-refractivity contribution is 5.91. The molecule has 3 nitrogen and oxygen atoms in total. The fourth-order valence-electron chi connectivity index (χ4n) is 1.20. The van der Waals surface area contributed by atoms with Gasteiger partial charge in [0.05, 0.1) is 12.7 Å². The van der Waals surface area contributed by atoms with E-state index in [1.807, 2.05) is 0 Å². The average molecular weight is 197 g/mol. The first kappa shape index (κ1) is 10.7. The molecule has 0 fully saturated rings. The summed E-state index contributed by atoms with van der Waals surface area (Å²) in [6, 6.07) is 2.71. The molecule has 1 aromatic carbocycles. The maximum atomic E-state index is 13.2. The molecule has 0 aromatic heterocycles. The number of benzene rings is 1. The quantitative estimate of drug-likeness (QED) is 0.729. The Morgan fingerprint density at radius 1 is 1.57 bits per heavy atom. The Morgan fingerprint density at radius 2 is 2.21 bits per heavy atom. The monoisotopic (exact) mass is 197 g/mol. The second-order valence-corrected chi connectivity index (χ2v) is 2.95. The van der Waals surface area contributed by atoms with Crippen molar-refractivity contribution < 1.29 is 13.9 Å². The number of methoxy groups -OCH3 is 1. The van der Waals surface area contributed by atoms with Crippen molar-refractivity contribution in [2.75, 3.05) is 7.11 Å². The van der Waals surface area contributed by atoms with Crippen LogP contribution in [0.4, 0.5) is 4.39 Å². The number of rotatable bonds is 2. The number of halogens is 1. The molecule has 76 valence electrons. The summed E-state index contributed by atoms with van der Waals surface area (Å²) < 4.78 is 17.7. The smallest absolute Gasteiger partial charge is 0.338 e. The van der Waals surface area contributed by atoms with Crippen LogP contribution in [0.5, 0.6) is 0 Å². The fourth-order valence-corrected chi connectivity index (χ4v) is 1.20. The summed E-state index contributed by atoms with van der Waals surface area (Å²) in [5, 5.41) is 0. The molecule has 0 saturated carbocycles. The van der Waals surface area contributed by atoms with E-state index in [0.717, 1.165) is 0 Å². The van der Waals surface area contributed by atoms with Crippen molar-refractivity contribution in [2.45, 2.75) is 13.5 Å². The van der Waals surface area contributed by atoms with Crippen LogP contribution in [0.15, 0.2) is 12.1 Å². The second-order valence-electron chi connectivity index (χ2n) is 2.95. The maximum Gasteiger partial charge on any atom is 0.338 e. The molecule has 4 heteroatoms. The van der Waals surface area contributed by atoms with Crippen molar-refractivity contribution in [3.8, 4) is 0 Å². The lowest BCUT2D eigenvalue weighted by Crippen LogP contribution is -2.08. The van der Waals surface area contributed by atoms with E-state index < -0.39 is 11.8 Å². The zero-order valence-electron chi connectivity index (χ0n) is 8.13. The topological polar surface area (TPSA) is 52.3 Å². The van der Waals surface area contributed by atoms with Crippen molar-refractivity contribution in [3.63, 3.8) is 0 Å². The number of nitrogens with two attached hydrogens (primary N) is 1. The summed E-state index contributed by atoms with van der Waals surface area (Å²) in [5.74, 6) is -0.866. The minimum absolute atomic E-state index is 0.0656. The summed E-state index contributed by atoms with van der Waals surface area (Å²) in [4.78, 5) is 11.2. The highest BCUT2D eigenvalue weighted by Gasteiger charge is 2.12. The van der Waals surface area contributed by atoms with E-state index in [-0.39, 0.29) is 6.54 Å². The van der Waals surface area contributed by atoms with E-state index in [2.05, 4.69) is 4.74 Å². The molecule has 0 saturated heterocycles. The van der Waals surface area contributed by atoms with Gasteiger partial charge in [-0.05, 0) is 24.6 Å². The first-order valence-electron chi connectivity index (χ1n) is 4.17. The summed E-state index contributed by atoms with van der Waals surface area (Å²) in [5.41, 5.74) is 6.54. The Labute approximate surface area is 81.7 Å². The van der Waals surface area contributed by atoms with Crippen molar-refractivity contribution in [2.24, 2.45) is 5.73 Å². The SMILES string of the molecule is COC(=O)c1cc(CN)c(F)cc1C. The molecule has 0 heterocycles. The molecule has 14 heavy (non-hydrogen) atoms. The van der Waals surface area contributed by atoms with E-state index in [1.54, 1.807) is 6.92 Å². The largest absolute Gasteiger partial charge is 0.465 e. The maximum absolute atomic E-state index is 13.2. The third kappa shape index (κ3) is 1.90. The van der Waals surface area contributed by atoms with Gasteiger partial charge in [-0.25, -0.2) is 9.18 Å². The number of ether oxygens (including phenoxy) is 1. The predicted molar refractivity (Wildman–Crippen MR) is 50.4 cm³/mol. The molecule has 0 bridgehead atoms. The van der Waals surface area contributed by atoms with Gasteiger partial charge in [0.25, 0.3) is 0 Å². The fraction of sp³-hybridized carbons (Fsp3) is 0.300. The predicted octanol–water partition coefficient (Wildman–Crippen LogP) is 1.38. The Bertz CT molecular complexity index is 363. The van der Waals surface area contributed by atoms with Crippen LogP contribution >= 0.6 is 0 Å². The van der Waals surface area contributed by atoms with E-state index in [4.69, 9.17) is 5.73 Å². The van der Waals surface area contributed by atoms with Crippen LogP contribution in [0.3, 0.4) is 0 Å². The van der Waals surface area contributed by atoms with Crippen LogP contribution < -0.4 is 5.73 Å². The van der Waals surface area contributed by atoms with Crippen LogP contribution in [-0.4, -0.2) is 13.1 Å². The van der Waals surface area contributed by atoms with Gasteiger partial charge in [-0.3, -0.25) is 0 Å². The number of esters is 1. The Kier molecular flexibility index (Phi) is 3.19. The van der Waals surface area contributed by atoms with Gasteiger partial charge < -0.3 is 10.5 Å². The van der Waals surface area contributed by atoms with Crippen molar-refractivity contribution >= 4 is 5.97 Å². The van der Waals surface area contributed by atoms with Crippen LogP contribution in [0, 0.1) is 12.7 Å². The highest BCUT2D eigenvalue weighted by atomic mass is 19.1. The average Bonchev–Trinajstić information content (AvgIpc) is 2.17. The number of carbonyl (C=O) groups excluding carboxylic acids is 1. The van der Waals surface area contributed by atoms with Gasteiger partial charge in [-0.2, -0.15) is 0 Å². The van der Waals surface area contributed by atoms with Gasteiger partial charge in [0.1, 0.15) is 5.82 Å². The molecule has 0 spiro atoms. The lowest BCUT2D eigenvalue weighted by Gasteiger charge is -2.07. The molecule has 0 aliphatic carbocycles. The summed E-state index contributed by atoms with van der Waals surface area (Å²) in [6.07, 6.45) is 0. The lowest BCUT2D eigenvalue weighted by molar-refractivity contribution is 0.0599. The number of aryl methyl sites for hydroxylation is 1. The molecule has 1 rings (SSSR count). The summed E-state index contributed by atoms with van der Waals surface area (Å²) in [7, 11) is 1.28. The van der Waals surface area contributed by atoms with Crippen molar-refractivity contribution in [3.05, 3.63) is 34.6 Å². The zero-order chi connectivity index (χ0) is 10.7. The van der Waals surface area contributed by atoms with E-state index in [0.29, 0.717) is 16.7 Å². The molecular formula is C10H12FNO2. The Hall–Kier alpha value is -1.42. The molecule has 0 atom stereocenters.